The molecule has 0 aliphatic rings. The fraction of sp³-hybridized carbons (Fsp3) is 0. The zero-order chi connectivity index (χ0) is 40.7. The minimum atomic E-state index is 0.886. The number of aromatic nitrogens is 6. The van der Waals surface area contributed by atoms with Crippen molar-refractivity contribution < 1.29 is 0 Å². The van der Waals surface area contributed by atoms with E-state index in [9.17, 15) is 0 Å². The first kappa shape index (κ1) is 34.4. The molecular weight excluding hydrogens is 757 g/mol. The highest BCUT2D eigenvalue weighted by Gasteiger charge is 2.19. The lowest BCUT2D eigenvalue weighted by Crippen LogP contribution is -1.95. The van der Waals surface area contributed by atoms with Gasteiger partial charge in [0.15, 0.2) is 0 Å². The monoisotopic (exact) mass is 788 g/mol. The Hall–Kier alpha value is -8.48. The van der Waals surface area contributed by atoms with Gasteiger partial charge in [-0.1, -0.05) is 115 Å². The molecule has 0 atom stereocenters. The van der Waals surface area contributed by atoms with E-state index in [1.165, 1.54) is 0 Å². The molecule has 6 heterocycles. The lowest BCUT2D eigenvalue weighted by Gasteiger charge is -2.17. The number of rotatable bonds is 4. The van der Waals surface area contributed by atoms with Crippen LogP contribution < -0.4 is 0 Å². The highest BCUT2D eigenvalue weighted by molar-refractivity contribution is 6.21. The topological polar surface area (TPSA) is 77.3 Å². The molecule has 0 saturated heterocycles. The molecule has 0 radical (unpaired) electrons. The van der Waals surface area contributed by atoms with Crippen molar-refractivity contribution in [3.05, 3.63) is 195 Å². The van der Waals surface area contributed by atoms with E-state index in [1.54, 1.807) is 0 Å². The van der Waals surface area contributed by atoms with E-state index in [1.807, 2.05) is 36.8 Å². The highest BCUT2D eigenvalue weighted by Crippen LogP contribution is 2.44. The van der Waals surface area contributed by atoms with Crippen LogP contribution in [0.5, 0.6) is 0 Å². The van der Waals surface area contributed by atoms with Gasteiger partial charge in [0.25, 0.3) is 0 Å². The van der Waals surface area contributed by atoms with Crippen LogP contribution in [0.3, 0.4) is 0 Å². The third kappa shape index (κ3) is 5.37. The zero-order valence-corrected chi connectivity index (χ0v) is 33.2. The number of pyridine rings is 6. The Balaban J connectivity index is 0.883. The zero-order valence-electron chi connectivity index (χ0n) is 33.2. The SMILES string of the molecule is c1cnc2c(c1)ccc1ccc(-c3c4ccccc4c(-c4ccc5cc(-c6ccc7nc(-c8ccnc9c8ccc8cccnc89)ccc7c6)ccc5n4)c4ccccc34)nc12. The van der Waals surface area contributed by atoms with Gasteiger partial charge in [0.1, 0.15) is 0 Å². The van der Waals surface area contributed by atoms with Crippen molar-refractivity contribution in [3.8, 4) is 44.9 Å². The van der Waals surface area contributed by atoms with Crippen molar-refractivity contribution in [2.45, 2.75) is 0 Å². The maximum absolute atomic E-state index is 5.34. The first-order valence-corrected chi connectivity index (χ1v) is 20.8. The van der Waals surface area contributed by atoms with Crippen LogP contribution in [0.25, 0.3) is 132 Å². The van der Waals surface area contributed by atoms with Gasteiger partial charge < -0.3 is 0 Å². The van der Waals surface area contributed by atoms with E-state index in [0.29, 0.717) is 0 Å². The summed E-state index contributed by atoms with van der Waals surface area (Å²) in [5.74, 6) is 0. The van der Waals surface area contributed by atoms with Gasteiger partial charge in [-0.2, -0.15) is 0 Å². The van der Waals surface area contributed by atoms with Crippen LogP contribution in [0.1, 0.15) is 0 Å². The minimum absolute atomic E-state index is 0.886. The summed E-state index contributed by atoms with van der Waals surface area (Å²) in [5, 5.41) is 11.0. The van der Waals surface area contributed by atoms with Gasteiger partial charge in [0.05, 0.1) is 50.2 Å². The molecule has 7 aromatic carbocycles. The largest absolute Gasteiger partial charge is 0.254 e. The molecule has 0 fully saturated rings. The summed E-state index contributed by atoms with van der Waals surface area (Å²) in [7, 11) is 0. The van der Waals surface area contributed by atoms with Crippen LogP contribution in [0.4, 0.5) is 0 Å². The molecule has 0 bridgehead atoms. The van der Waals surface area contributed by atoms with Crippen molar-refractivity contribution in [2.75, 3.05) is 0 Å². The molecule has 0 unspecified atom stereocenters. The summed E-state index contributed by atoms with van der Waals surface area (Å²) in [4.78, 5) is 29.8. The smallest absolute Gasteiger partial charge is 0.0972 e. The second kappa shape index (κ2) is 13.5. The first-order valence-electron chi connectivity index (χ1n) is 20.8. The van der Waals surface area contributed by atoms with Gasteiger partial charge in [0, 0.05) is 67.6 Å². The third-order valence-corrected chi connectivity index (χ3v) is 12.3. The first-order chi connectivity index (χ1) is 30.7. The summed E-state index contributed by atoms with van der Waals surface area (Å²) in [6.45, 7) is 0. The number of hydrogen-bond acceptors (Lipinski definition) is 6. The van der Waals surface area contributed by atoms with Crippen molar-refractivity contribution >= 4 is 87.0 Å². The Morgan fingerprint density at radius 2 is 0.742 bits per heavy atom. The Labute approximate surface area is 354 Å². The number of hydrogen-bond donors (Lipinski definition) is 0. The summed E-state index contributed by atoms with van der Waals surface area (Å²) >= 11 is 0. The highest BCUT2D eigenvalue weighted by atomic mass is 14.8. The molecule has 0 saturated carbocycles. The van der Waals surface area contributed by atoms with Gasteiger partial charge in [0.2, 0.25) is 0 Å². The van der Waals surface area contributed by atoms with Crippen LogP contribution in [0.2, 0.25) is 0 Å². The summed E-state index contributed by atoms with van der Waals surface area (Å²) in [6, 6.07) is 61.9. The standard InChI is InChI=1S/C56H32N6/c1-3-11-43-41(9-1)51(42-10-2-4-12-44(42)52(43)50-25-16-35-14-13-33-7-5-28-57-53(33)55(35)62-50)49-26-20-39-32-37(18-23-47(39)61-49)36-17-22-46-38(31-36)19-24-48(60-46)40-27-30-59-56-45(40)21-15-34-8-6-29-58-54(34)56/h1-32H. The quantitative estimate of drug-likeness (QED) is 0.131. The number of nitrogens with zero attached hydrogens (tertiary/aromatic N) is 6. The number of benzene rings is 7. The Bertz CT molecular complexity index is 3950. The van der Waals surface area contributed by atoms with E-state index in [0.717, 1.165) is 132 Å². The Morgan fingerprint density at radius 1 is 0.274 bits per heavy atom. The molecule has 0 aliphatic carbocycles. The van der Waals surface area contributed by atoms with E-state index in [-0.39, 0.29) is 0 Å². The molecule has 0 N–H and O–H groups in total. The van der Waals surface area contributed by atoms with Crippen molar-refractivity contribution in [2.24, 2.45) is 0 Å². The van der Waals surface area contributed by atoms with Crippen molar-refractivity contribution in [3.63, 3.8) is 0 Å². The molecule has 6 aromatic heterocycles. The van der Waals surface area contributed by atoms with Crippen molar-refractivity contribution in [1.82, 2.24) is 29.9 Å². The van der Waals surface area contributed by atoms with Crippen LogP contribution in [0.15, 0.2) is 195 Å². The van der Waals surface area contributed by atoms with E-state index >= 15 is 0 Å². The van der Waals surface area contributed by atoms with Crippen LogP contribution >= 0.6 is 0 Å². The molecule has 13 aromatic rings. The van der Waals surface area contributed by atoms with Gasteiger partial charge >= 0.3 is 0 Å². The Kier molecular flexibility index (Phi) is 7.50. The lowest BCUT2D eigenvalue weighted by molar-refractivity contribution is 1.36. The van der Waals surface area contributed by atoms with Crippen LogP contribution in [0, 0.1) is 0 Å². The lowest BCUT2D eigenvalue weighted by atomic mass is 9.88. The Morgan fingerprint density at radius 3 is 1.35 bits per heavy atom. The molecule has 0 aliphatic heterocycles. The van der Waals surface area contributed by atoms with Gasteiger partial charge in [-0.25, -0.2) is 15.0 Å². The second-order valence-electron chi connectivity index (χ2n) is 15.9. The van der Waals surface area contributed by atoms with E-state index in [4.69, 9.17) is 24.9 Å². The minimum Gasteiger partial charge on any atom is -0.254 e. The van der Waals surface area contributed by atoms with Crippen molar-refractivity contribution in [1.29, 1.82) is 0 Å². The normalized spacial score (nSPS) is 11.9. The maximum atomic E-state index is 5.34. The van der Waals surface area contributed by atoms with Gasteiger partial charge in [-0.3, -0.25) is 15.0 Å². The van der Waals surface area contributed by atoms with Crippen LogP contribution in [-0.2, 0) is 0 Å². The number of fused-ring (bicyclic) bond motifs is 10. The summed E-state index contributed by atoms with van der Waals surface area (Å²) in [6.07, 6.45) is 5.51. The molecule has 0 spiro atoms. The molecular formula is C56H32N6. The third-order valence-electron chi connectivity index (χ3n) is 12.3. The average Bonchev–Trinajstić information content (AvgIpc) is 3.34. The van der Waals surface area contributed by atoms with E-state index in [2.05, 4.69) is 163 Å². The summed E-state index contributed by atoms with van der Waals surface area (Å²) in [5.41, 5.74) is 13.8. The van der Waals surface area contributed by atoms with E-state index < -0.39 is 0 Å². The predicted octanol–water partition coefficient (Wildman–Crippen LogP) is 14.0. The molecule has 6 nitrogen and oxygen atoms in total. The summed E-state index contributed by atoms with van der Waals surface area (Å²) < 4.78 is 0. The molecule has 286 valence electrons. The fourth-order valence-corrected chi connectivity index (χ4v) is 9.42. The predicted molar refractivity (Wildman–Crippen MR) is 255 cm³/mol. The van der Waals surface area contributed by atoms with Crippen LogP contribution in [-0.4, -0.2) is 29.9 Å². The van der Waals surface area contributed by atoms with Gasteiger partial charge in [-0.15, -0.1) is 0 Å². The molecule has 13 rings (SSSR count). The average molecular weight is 789 g/mol. The fourth-order valence-electron chi connectivity index (χ4n) is 9.42. The maximum Gasteiger partial charge on any atom is 0.0972 e. The van der Waals surface area contributed by atoms with Gasteiger partial charge in [-0.05, 0) is 93.3 Å². The second-order valence-corrected chi connectivity index (χ2v) is 15.9. The molecule has 62 heavy (non-hydrogen) atoms. The molecule has 0 amide bonds. The molecule has 6 heteroatoms.